The summed E-state index contributed by atoms with van der Waals surface area (Å²) in [4.78, 5) is 22.8. The summed E-state index contributed by atoms with van der Waals surface area (Å²) in [6, 6.07) is 7.58. The summed E-state index contributed by atoms with van der Waals surface area (Å²) >= 11 is 0. The summed E-state index contributed by atoms with van der Waals surface area (Å²) in [5.74, 6) is 1.55. The lowest BCUT2D eigenvalue weighted by Crippen LogP contribution is -2.45. The molecule has 1 fully saturated rings. The van der Waals surface area contributed by atoms with E-state index in [2.05, 4.69) is 9.97 Å². The van der Waals surface area contributed by atoms with Crippen molar-refractivity contribution >= 4 is 5.91 Å². The molecule has 0 spiro atoms. The van der Waals surface area contributed by atoms with Gasteiger partial charge in [0.1, 0.15) is 11.9 Å². The number of ether oxygens (including phenoxy) is 3. The van der Waals surface area contributed by atoms with Crippen molar-refractivity contribution in [1.29, 1.82) is 0 Å². The van der Waals surface area contributed by atoms with Crippen LogP contribution in [-0.2, 0) is 11.2 Å². The molecule has 1 aromatic heterocycles. The number of hydrogen-bond acceptors (Lipinski definition) is 6. The van der Waals surface area contributed by atoms with Crippen molar-refractivity contribution in [3.63, 3.8) is 0 Å². The molecule has 26 heavy (non-hydrogen) atoms. The Labute approximate surface area is 152 Å². The first-order valence-corrected chi connectivity index (χ1v) is 8.62. The first-order chi connectivity index (χ1) is 12.7. The molecule has 1 saturated heterocycles. The van der Waals surface area contributed by atoms with Gasteiger partial charge in [-0.05, 0) is 30.5 Å². The van der Waals surface area contributed by atoms with E-state index >= 15 is 0 Å². The Morgan fingerprint density at radius 1 is 1.19 bits per heavy atom. The summed E-state index contributed by atoms with van der Waals surface area (Å²) in [6.45, 7) is 1.27. The molecular weight excluding hydrogens is 334 g/mol. The maximum Gasteiger partial charge on any atom is 0.278 e. The number of likely N-dealkylation sites (tertiary alicyclic amines) is 1. The Morgan fingerprint density at radius 3 is 2.77 bits per heavy atom. The molecule has 1 atom stereocenters. The highest BCUT2D eigenvalue weighted by Gasteiger charge is 2.26. The highest BCUT2D eigenvalue weighted by molar-refractivity contribution is 5.79. The molecule has 1 aliphatic heterocycles. The molecule has 2 heterocycles. The number of methoxy groups -OCH3 is 2. The van der Waals surface area contributed by atoms with Crippen LogP contribution in [0.4, 0.5) is 0 Å². The molecule has 0 radical (unpaired) electrons. The first kappa shape index (κ1) is 18.0. The first-order valence-electron chi connectivity index (χ1n) is 8.62. The lowest BCUT2D eigenvalue weighted by Gasteiger charge is -2.32. The van der Waals surface area contributed by atoms with Crippen LogP contribution in [0, 0.1) is 0 Å². The molecule has 0 unspecified atom stereocenters. The second-order valence-corrected chi connectivity index (χ2v) is 6.12. The number of carbonyl (C=O) groups excluding carboxylic acids is 1. The monoisotopic (exact) mass is 357 g/mol. The van der Waals surface area contributed by atoms with E-state index in [4.69, 9.17) is 14.2 Å². The standard InChI is InChI=1S/C19H23N3O4/c1-24-15-6-3-5-14(11-15)12-17(23)22-10-4-7-16(13-22)26-19-18(25-2)20-8-9-21-19/h3,5-6,8-9,11,16H,4,7,10,12-13H2,1-2H3/t16-/m0/s1. The van der Waals surface area contributed by atoms with Gasteiger partial charge in [0.2, 0.25) is 5.91 Å². The molecule has 1 amide bonds. The zero-order valence-electron chi connectivity index (χ0n) is 15.1. The molecular formula is C19H23N3O4. The minimum absolute atomic E-state index is 0.0812. The van der Waals surface area contributed by atoms with Crippen molar-refractivity contribution in [2.75, 3.05) is 27.3 Å². The maximum absolute atomic E-state index is 12.7. The van der Waals surface area contributed by atoms with Gasteiger partial charge in [0, 0.05) is 18.9 Å². The Balaban J connectivity index is 1.61. The number of hydrogen-bond donors (Lipinski definition) is 0. The van der Waals surface area contributed by atoms with E-state index in [1.807, 2.05) is 29.2 Å². The SMILES string of the molecule is COc1cccc(CC(=O)N2CCC[C@H](Oc3nccnc3OC)C2)c1. The van der Waals surface area contributed by atoms with E-state index < -0.39 is 0 Å². The van der Waals surface area contributed by atoms with Crippen LogP contribution in [0.25, 0.3) is 0 Å². The molecule has 7 heteroatoms. The van der Waals surface area contributed by atoms with Crippen LogP contribution in [-0.4, -0.2) is 54.2 Å². The molecule has 0 N–H and O–H groups in total. The molecule has 0 bridgehead atoms. The minimum Gasteiger partial charge on any atom is -0.497 e. The van der Waals surface area contributed by atoms with E-state index in [0.29, 0.717) is 24.7 Å². The third-order valence-electron chi connectivity index (χ3n) is 4.33. The summed E-state index contributed by atoms with van der Waals surface area (Å²) < 4.78 is 16.3. The molecule has 1 aromatic carbocycles. The third-order valence-corrected chi connectivity index (χ3v) is 4.33. The zero-order valence-corrected chi connectivity index (χ0v) is 15.1. The average Bonchev–Trinajstić information content (AvgIpc) is 2.69. The molecule has 2 aromatic rings. The highest BCUT2D eigenvalue weighted by atomic mass is 16.5. The minimum atomic E-state index is -0.122. The quantitative estimate of drug-likeness (QED) is 0.788. The van der Waals surface area contributed by atoms with Gasteiger partial charge in [-0.3, -0.25) is 4.79 Å². The second-order valence-electron chi connectivity index (χ2n) is 6.12. The molecule has 0 saturated carbocycles. The van der Waals surface area contributed by atoms with Crippen LogP contribution < -0.4 is 14.2 Å². The Morgan fingerprint density at radius 2 is 2.00 bits per heavy atom. The average molecular weight is 357 g/mol. The summed E-state index contributed by atoms with van der Waals surface area (Å²) in [7, 11) is 3.15. The molecule has 0 aliphatic carbocycles. The zero-order chi connectivity index (χ0) is 18.4. The number of rotatable bonds is 6. The van der Waals surface area contributed by atoms with Crippen LogP contribution in [0.15, 0.2) is 36.7 Å². The second kappa shape index (κ2) is 8.51. The van der Waals surface area contributed by atoms with E-state index in [1.165, 1.54) is 7.11 Å². The number of aromatic nitrogens is 2. The number of carbonyl (C=O) groups is 1. The summed E-state index contributed by atoms with van der Waals surface area (Å²) in [5.41, 5.74) is 0.938. The molecule has 7 nitrogen and oxygen atoms in total. The van der Waals surface area contributed by atoms with Crippen LogP contribution in [0.5, 0.6) is 17.5 Å². The van der Waals surface area contributed by atoms with Crippen molar-refractivity contribution < 1.29 is 19.0 Å². The van der Waals surface area contributed by atoms with Crippen molar-refractivity contribution in [2.45, 2.75) is 25.4 Å². The topological polar surface area (TPSA) is 73.8 Å². The van der Waals surface area contributed by atoms with E-state index in [1.54, 1.807) is 19.5 Å². The largest absolute Gasteiger partial charge is 0.497 e. The number of amides is 1. The van der Waals surface area contributed by atoms with Crippen molar-refractivity contribution in [3.8, 4) is 17.5 Å². The predicted molar refractivity (Wildman–Crippen MR) is 95.5 cm³/mol. The summed E-state index contributed by atoms with van der Waals surface area (Å²) in [5, 5.41) is 0. The van der Waals surface area contributed by atoms with Gasteiger partial charge in [-0.25, -0.2) is 9.97 Å². The normalized spacial score (nSPS) is 16.8. The van der Waals surface area contributed by atoms with Gasteiger partial charge in [-0.1, -0.05) is 12.1 Å². The molecule has 138 valence electrons. The van der Waals surface area contributed by atoms with Gasteiger partial charge in [0.15, 0.2) is 0 Å². The fourth-order valence-corrected chi connectivity index (χ4v) is 3.02. The van der Waals surface area contributed by atoms with Gasteiger partial charge in [0.25, 0.3) is 11.8 Å². The van der Waals surface area contributed by atoms with E-state index in [9.17, 15) is 4.79 Å². The maximum atomic E-state index is 12.7. The molecule has 1 aliphatic rings. The van der Waals surface area contributed by atoms with Gasteiger partial charge >= 0.3 is 0 Å². The van der Waals surface area contributed by atoms with Crippen molar-refractivity contribution in [2.24, 2.45) is 0 Å². The van der Waals surface area contributed by atoms with Crippen molar-refractivity contribution in [1.82, 2.24) is 14.9 Å². The fourth-order valence-electron chi connectivity index (χ4n) is 3.02. The predicted octanol–water partition coefficient (Wildman–Crippen LogP) is 2.11. The van der Waals surface area contributed by atoms with Crippen LogP contribution in [0.2, 0.25) is 0 Å². The van der Waals surface area contributed by atoms with Gasteiger partial charge in [-0.2, -0.15) is 0 Å². The smallest absolute Gasteiger partial charge is 0.278 e. The molecule has 3 rings (SSSR count). The van der Waals surface area contributed by atoms with Crippen LogP contribution >= 0.6 is 0 Å². The summed E-state index contributed by atoms with van der Waals surface area (Å²) in [6.07, 6.45) is 5.09. The Kier molecular flexibility index (Phi) is 5.88. The van der Waals surface area contributed by atoms with Crippen molar-refractivity contribution in [3.05, 3.63) is 42.2 Å². The van der Waals surface area contributed by atoms with Crippen LogP contribution in [0.3, 0.4) is 0 Å². The number of nitrogens with zero attached hydrogens (tertiary/aromatic N) is 3. The van der Waals surface area contributed by atoms with E-state index in [-0.39, 0.29) is 12.0 Å². The number of piperidine rings is 1. The van der Waals surface area contributed by atoms with Gasteiger partial charge in [-0.15, -0.1) is 0 Å². The van der Waals surface area contributed by atoms with Gasteiger partial charge < -0.3 is 19.1 Å². The number of benzene rings is 1. The lowest BCUT2D eigenvalue weighted by atomic mass is 10.1. The third kappa shape index (κ3) is 4.41. The Hall–Kier alpha value is -2.83. The van der Waals surface area contributed by atoms with Gasteiger partial charge in [0.05, 0.1) is 27.2 Å². The fraction of sp³-hybridized carbons (Fsp3) is 0.421. The highest BCUT2D eigenvalue weighted by Crippen LogP contribution is 2.24. The Bertz CT molecular complexity index is 753. The lowest BCUT2D eigenvalue weighted by molar-refractivity contribution is -0.133. The van der Waals surface area contributed by atoms with Crippen LogP contribution in [0.1, 0.15) is 18.4 Å². The van der Waals surface area contributed by atoms with E-state index in [0.717, 1.165) is 30.7 Å².